The third-order valence-corrected chi connectivity index (χ3v) is 4.53. The van der Waals surface area contributed by atoms with Crippen LogP contribution in [0.1, 0.15) is 5.56 Å². The van der Waals surface area contributed by atoms with Crippen LogP contribution in [-0.2, 0) is 0 Å². The van der Waals surface area contributed by atoms with Crippen LogP contribution in [0.25, 0.3) is 10.8 Å². The highest BCUT2D eigenvalue weighted by atomic mass is 16.5. The number of ether oxygens (including phenoxy) is 1. The Bertz CT molecular complexity index is 857. The Morgan fingerprint density at radius 3 is 2.44 bits per heavy atom. The van der Waals surface area contributed by atoms with Crippen LogP contribution in [0, 0.1) is 6.92 Å². The molecule has 0 saturated heterocycles. The van der Waals surface area contributed by atoms with E-state index in [1.54, 1.807) is 0 Å². The van der Waals surface area contributed by atoms with Gasteiger partial charge < -0.3 is 9.84 Å². The summed E-state index contributed by atoms with van der Waals surface area (Å²) in [4.78, 5) is 0. The van der Waals surface area contributed by atoms with Gasteiger partial charge in [-0.2, -0.15) is 0 Å². The summed E-state index contributed by atoms with van der Waals surface area (Å²) < 4.78 is 6.44. The molecular formula is C22H26NO2+. The van der Waals surface area contributed by atoms with Gasteiger partial charge in [-0.1, -0.05) is 42.5 Å². The zero-order valence-corrected chi connectivity index (χ0v) is 15.1. The van der Waals surface area contributed by atoms with E-state index in [9.17, 15) is 5.11 Å². The number of benzene rings is 3. The predicted octanol–water partition coefficient (Wildman–Crippen LogP) is 4.16. The van der Waals surface area contributed by atoms with Crippen molar-refractivity contribution in [3.8, 4) is 5.75 Å². The molecule has 0 heterocycles. The van der Waals surface area contributed by atoms with Gasteiger partial charge in [0.15, 0.2) is 0 Å². The van der Waals surface area contributed by atoms with Crippen molar-refractivity contribution in [2.24, 2.45) is 0 Å². The van der Waals surface area contributed by atoms with Gasteiger partial charge in [-0.05, 0) is 41.5 Å². The summed E-state index contributed by atoms with van der Waals surface area (Å²) in [6.07, 6.45) is -0.540. The van der Waals surface area contributed by atoms with E-state index in [0.717, 1.165) is 11.1 Å². The molecule has 0 bridgehead atoms. The van der Waals surface area contributed by atoms with Crippen LogP contribution in [-0.4, -0.2) is 38.5 Å². The summed E-state index contributed by atoms with van der Waals surface area (Å²) in [7, 11) is 4.21. The second-order valence-corrected chi connectivity index (χ2v) is 7.18. The lowest BCUT2D eigenvalue weighted by molar-refractivity contribution is 0.0841. The molecule has 25 heavy (non-hydrogen) atoms. The van der Waals surface area contributed by atoms with Crippen molar-refractivity contribution in [1.29, 1.82) is 0 Å². The molecule has 0 aliphatic carbocycles. The Labute approximate surface area is 149 Å². The van der Waals surface area contributed by atoms with Crippen molar-refractivity contribution in [2.45, 2.75) is 13.0 Å². The Morgan fingerprint density at radius 1 is 0.920 bits per heavy atom. The van der Waals surface area contributed by atoms with Gasteiger partial charge in [0.2, 0.25) is 0 Å². The van der Waals surface area contributed by atoms with Crippen LogP contribution < -0.4 is 9.22 Å². The summed E-state index contributed by atoms with van der Waals surface area (Å²) in [6.45, 7) is 2.96. The molecule has 3 rings (SSSR count). The Hall–Kier alpha value is -2.36. The molecule has 0 amide bonds. The molecule has 3 heteroatoms. The molecule has 130 valence electrons. The van der Waals surface area contributed by atoms with Gasteiger partial charge >= 0.3 is 0 Å². The molecule has 1 unspecified atom stereocenters. The molecule has 3 nitrogen and oxygen atoms in total. The van der Waals surface area contributed by atoms with Gasteiger partial charge in [-0.3, -0.25) is 4.48 Å². The van der Waals surface area contributed by atoms with Crippen LogP contribution >= 0.6 is 0 Å². The molecule has 0 spiro atoms. The van der Waals surface area contributed by atoms with Crippen molar-refractivity contribution in [2.75, 3.05) is 27.2 Å². The Balaban J connectivity index is 1.62. The summed E-state index contributed by atoms with van der Waals surface area (Å²) in [5, 5.41) is 12.8. The van der Waals surface area contributed by atoms with Crippen molar-refractivity contribution in [3.63, 3.8) is 0 Å². The van der Waals surface area contributed by atoms with Gasteiger partial charge in [-0.15, -0.1) is 0 Å². The van der Waals surface area contributed by atoms with Crippen LogP contribution in [0.4, 0.5) is 5.69 Å². The summed E-state index contributed by atoms with van der Waals surface area (Å²) >= 11 is 0. The van der Waals surface area contributed by atoms with E-state index in [-0.39, 0.29) is 6.61 Å². The van der Waals surface area contributed by atoms with Crippen molar-refractivity contribution in [1.82, 2.24) is 4.48 Å². The molecule has 0 fully saturated rings. The minimum Gasteiger partial charge on any atom is -0.491 e. The normalized spacial score (nSPS) is 13.0. The summed E-state index contributed by atoms with van der Waals surface area (Å²) in [5.74, 6) is 0.790. The molecule has 0 aromatic heterocycles. The number of likely N-dealkylation sites (N-methyl/N-ethyl adjacent to an activating group) is 1. The molecule has 0 radical (unpaired) electrons. The van der Waals surface area contributed by atoms with E-state index in [2.05, 4.69) is 57.4 Å². The van der Waals surface area contributed by atoms with Crippen LogP contribution in [0.5, 0.6) is 5.75 Å². The first-order valence-corrected chi connectivity index (χ1v) is 8.64. The molecule has 3 aromatic rings. The number of aliphatic hydroxyl groups is 1. The smallest absolute Gasteiger partial charge is 0.137 e. The second kappa shape index (κ2) is 7.26. The number of rotatable bonds is 6. The number of aliphatic hydroxyl groups excluding tert-OH is 1. The lowest BCUT2D eigenvalue weighted by Gasteiger charge is -2.31. The number of quaternary nitrogens is 1. The third kappa shape index (κ3) is 4.38. The minimum atomic E-state index is -0.540. The quantitative estimate of drug-likeness (QED) is 0.685. The fourth-order valence-electron chi connectivity index (χ4n) is 3.14. The van der Waals surface area contributed by atoms with Crippen LogP contribution in [0.2, 0.25) is 0 Å². The largest absolute Gasteiger partial charge is 0.491 e. The molecule has 1 N–H and O–H groups in total. The zero-order chi connectivity index (χ0) is 17.9. The fraction of sp³-hybridized carbons (Fsp3) is 0.273. The van der Waals surface area contributed by atoms with E-state index < -0.39 is 6.10 Å². The maximum atomic E-state index is 10.4. The first-order chi connectivity index (χ1) is 11.9. The number of hydrogen-bond acceptors (Lipinski definition) is 2. The first kappa shape index (κ1) is 17.5. The maximum absolute atomic E-state index is 10.4. The first-order valence-electron chi connectivity index (χ1n) is 8.64. The number of nitrogens with zero attached hydrogens (tertiary/aromatic N) is 1. The number of fused-ring (bicyclic) bond motifs is 1. The molecule has 0 aliphatic heterocycles. The zero-order valence-electron chi connectivity index (χ0n) is 15.1. The van der Waals surface area contributed by atoms with E-state index in [0.29, 0.717) is 11.0 Å². The summed E-state index contributed by atoms with van der Waals surface area (Å²) in [5.41, 5.74) is 2.41. The molecule has 0 saturated carbocycles. The summed E-state index contributed by atoms with van der Waals surface area (Å²) in [6, 6.07) is 22.6. The predicted molar refractivity (Wildman–Crippen MR) is 105 cm³/mol. The highest BCUT2D eigenvalue weighted by molar-refractivity contribution is 5.83. The molecule has 1 atom stereocenters. The van der Waals surface area contributed by atoms with Crippen LogP contribution in [0.15, 0.2) is 66.7 Å². The second-order valence-electron chi connectivity index (χ2n) is 7.18. The lowest BCUT2D eigenvalue weighted by atomic mass is 10.1. The highest BCUT2D eigenvalue weighted by Gasteiger charge is 2.24. The van der Waals surface area contributed by atoms with Crippen molar-refractivity contribution >= 4 is 16.5 Å². The van der Waals surface area contributed by atoms with Gasteiger partial charge in [0.25, 0.3) is 0 Å². The Morgan fingerprint density at radius 2 is 1.68 bits per heavy atom. The fourth-order valence-corrected chi connectivity index (χ4v) is 3.14. The van der Waals surface area contributed by atoms with Gasteiger partial charge in [0.1, 0.15) is 30.7 Å². The van der Waals surface area contributed by atoms with Gasteiger partial charge in [-0.25, -0.2) is 0 Å². The SMILES string of the molecule is Cc1cccc([N+](C)(C)CC(O)COc2ccc3ccccc3c2)c1. The molecule has 0 aliphatic rings. The van der Waals surface area contributed by atoms with E-state index >= 15 is 0 Å². The lowest BCUT2D eigenvalue weighted by Crippen LogP contribution is -2.47. The van der Waals surface area contributed by atoms with E-state index in [1.807, 2.05) is 30.3 Å². The molecule has 3 aromatic carbocycles. The standard InChI is InChI=1S/C22H26NO2/c1-17-7-6-10-20(13-17)23(2,3)15-21(24)16-25-22-12-11-18-8-4-5-9-19(18)14-22/h4-14,21,24H,15-16H2,1-3H3/q+1. The monoisotopic (exact) mass is 336 g/mol. The maximum Gasteiger partial charge on any atom is 0.137 e. The van der Waals surface area contributed by atoms with E-state index in [1.165, 1.54) is 16.6 Å². The average Bonchev–Trinajstić information content (AvgIpc) is 2.59. The topological polar surface area (TPSA) is 29.5 Å². The third-order valence-electron chi connectivity index (χ3n) is 4.53. The molecular weight excluding hydrogens is 310 g/mol. The van der Waals surface area contributed by atoms with Gasteiger partial charge in [0, 0.05) is 6.07 Å². The van der Waals surface area contributed by atoms with Crippen LogP contribution in [0.3, 0.4) is 0 Å². The van der Waals surface area contributed by atoms with Gasteiger partial charge in [0.05, 0.1) is 14.1 Å². The minimum absolute atomic E-state index is 0.284. The number of hydrogen-bond donors (Lipinski definition) is 1. The highest BCUT2D eigenvalue weighted by Crippen LogP contribution is 2.22. The van der Waals surface area contributed by atoms with E-state index in [4.69, 9.17) is 4.74 Å². The Kier molecular flexibility index (Phi) is 5.07. The average molecular weight is 336 g/mol. The van der Waals surface area contributed by atoms with Crippen molar-refractivity contribution in [3.05, 3.63) is 72.3 Å². The van der Waals surface area contributed by atoms with Crippen molar-refractivity contribution < 1.29 is 9.84 Å². The number of aryl methyl sites for hydroxylation is 1.